The predicted molar refractivity (Wildman–Crippen MR) is 73.5 cm³/mol. The van der Waals surface area contributed by atoms with Crippen molar-refractivity contribution in [2.45, 2.75) is 6.18 Å². The number of hydrogen-bond acceptors (Lipinski definition) is 2. The van der Waals surface area contributed by atoms with E-state index in [1.54, 1.807) is 12.1 Å². The molecule has 0 aliphatic rings. The van der Waals surface area contributed by atoms with Gasteiger partial charge >= 0.3 is 6.18 Å². The summed E-state index contributed by atoms with van der Waals surface area (Å²) in [5.41, 5.74) is -0.926. The molecule has 0 spiro atoms. The third kappa shape index (κ3) is 3.73. The quantitative estimate of drug-likeness (QED) is 0.515. The van der Waals surface area contributed by atoms with E-state index < -0.39 is 11.7 Å². The van der Waals surface area contributed by atoms with E-state index in [1.807, 2.05) is 22.6 Å². The fraction of sp³-hybridized carbons (Fsp3) is 0.0833. The lowest BCUT2D eigenvalue weighted by molar-refractivity contribution is -0.137. The number of pyridine rings is 1. The first-order chi connectivity index (χ1) is 8.86. The highest BCUT2D eigenvalue weighted by atomic mass is 127. The highest BCUT2D eigenvalue weighted by Gasteiger charge is 2.33. The predicted octanol–water partition coefficient (Wildman–Crippen LogP) is 5.15. The van der Waals surface area contributed by atoms with E-state index in [1.165, 1.54) is 12.3 Å². The summed E-state index contributed by atoms with van der Waals surface area (Å²) in [4.78, 5) is 3.98. The smallest absolute Gasteiger partial charge is 0.417 e. The Bertz CT molecular complexity index is 587. The number of nitrogens with zero attached hydrogens (tertiary/aromatic N) is 1. The van der Waals surface area contributed by atoms with Crippen LogP contribution in [0.1, 0.15) is 5.56 Å². The van der Waals surface area contributed by atoms with Crippen LogP contribution in [0.3, 0.4) is 0 Å². The summed E-state index contributed by atoms with van der Waals surface area (Å²) < 4.78 is 44.1. The lowest BCUT2D eigenvalue weighted by atomic mass is 10.2. The lowest BCUT2D eigenvalue weighted by Crippen LogP contribution is -2.05. The van der Waals surface area contributed by atoms with Crippen LogP contribution in [0.4, 0.5) is 13.2 Å². The minimum Gasteiger partial charge on any atom is -0.456 e. The van der Waals surface area contributed by atoms with Crippen molar-refractivity contribution in [3.63, 3.8) is 0 Å². The number of alkyl halides is 3. The van der Waals surface area contributed by atoms with Crippen LogP contribution < -0.4 is 4.74 Å². The van der Waals surface area contributed by atoms with Gasteiger partial charge in [-0.3, -0.25) is 0 Å². The highest BCUT2D eigenvalue weighted by molar-refractivity contribution is 14.1. The number of rotatable bonds is 2. The molecule has 0 saturated carbocycles. The molecule has 0 N–H and O–H groups in total. The van der Waals surface area contributed by atoms with Crippen molar-refractivity contribution < 1.29 is 17.9 Å². The van der Waals surface area contributed by atoms with E-state index in [0.29, 0.717) is 5.75 Å². The molecule has 7 heteroatoms. The molecule has 1 aromatic carbocycles. The molecule has 0 unspecified atom stereocenters. The highest BCUT2D eigenvalue weighted by Crippen LogP contribution is 2.37. The van der Waals surface area contributed by atoms with Crippen molar-refractivity contribution in [2.24, 2.45) is 0 Å². The standard InChI is InChI=1S/C12H6ClF3INO/c13-10-3-1-7(5-9(10)12(14,15)16)19-8-2-4-11(17)18-6-8/h1-6H. The third-order valence-electron chi connectivity index (χ3n) is 2.18. The zero-order valence-electron chi connectivity index (χ0n) is 9.21. The van der Waals surface area contributed by atoms with Crippen LogP contribution in [-0.4, -0.2) is 4.98 Å². The number of benzene rings is 1. The molecule has 2 aromatic rings. The Labute approximate surface area is 125 Å². The average molecular weight is 400 g/mol. The second-order valence-corrected chi connectivity index (χ2v) is 5.07. The van der Waals surface area contributed by atoms with E-state index in [9.17, 15) is 13.2 Å². The van der Waals surface area contributed by atoms with Crippen molar-refractivity contribution in [2.75, 3.05) is 0 Å². The number of halogens is 5. The van der Waals surface area contributed by atoms with Gasteiger partial charge in [0.2, 0.25) is 0 Å². The summed E-state index contributed by atoms with van der Waals surface area (Å²) in [6.45, 7) is 0. The van der Waals surface area contributed by atoms with Gasteiger partial charge < -0.3 is 4.74 Å². The molecule has 0 aliphatic heterocycles. The third-order valence-corrected chi connectivity index (χ3v) is 3.15. The van der Waals surface area contributed by atoms with Gasteiger partial charge in [-0.05, 0) is 52.9 Å². The summed E-state index contributed by atoms with van der Waals surface area (Å²) in [5.74, 6) is 0.413. The number of ether oxygens (including phenoxy) is 1. The maximum Gasteiger partial charge on any atom is 0.417 e. The Morgan fingerprint density at radius 1 is 1.11 bits per heavy atom. The summed E-state index contributed by atoms with van der Waals surface area (Å²) in [6, 6.07) is 6.70. The van der Waals surface area contributed by atoms with E-state index in [-0.39, 0.29) is 10.8 Å². The van der Waals surface area contributed by atoms with Gasteiger partial charge in [-0.2, -0.15) is 13.2 Å². The summed E-state index contributed by atoms with van der Waals surface area (Å²) in [7, 11) is 0. The Balaban J connectivity index is 2.29. The molecule has 0 aliphatic carbocycles. The maximum atomic E-state index is 12.7. The lowest BCUT2D eigenvalue weighted by Gasteiger charge is -2.11. The van der Waals surface area contributed by atoms with Gasteiger partial charge in [0.05, 0.1) is 16.8 Å². The van der Waals surface area contributed by atoms with Crippen molar-refractivity contribution >= 4 is 34.2 Å². The molecule has 0 bridgehead atoms. The number of aromatic nitrogens is 1. The Morgan fingerprint density at radius 2 is 1.79 bits per heavy atom. The topological polar surface area (TPSA) is 22.1 Å². The van der Waals surface area contributed by atoms with E-state index in [2.05, 4.69) is 4.98 Å². The molecular formula is C12H6ClF3INO. The average Bonchev–Trinajstić information content (AvgIpc) is 2.33. The van der Waals surface area contributed by atoms with Gasteiger partial charge in [0, 0.05) is 0 Å². The van der Waals surface area contributed by atoms with Crippen LogP contribution in [-0.2, 0) is 6.18 Å². The van der Waals surface area contributed by atoms with Crippen molar-refractivity contribution in [1.82, 2.24) is 4.98 Å². The Hall–Kier alpha value is -1.02. The van der Waals surface area contributed by atoms with E-state index >= 15 is 0 Å². The fourth-order valence-corrected chi connectivity index (χ4v) is 1.89. The van der Waals surface area contributed by atoms with Gasteiger partial charge in [0.25, 0.3) is 0 Å². The van der Waals surface area contributed by atoms with Crippen molar-refractivity contribution in [1.29, 1.82) is 0 Å². The summed E-state index contributed by atoms with van der Waals surface area (Å²) >= 11 is 7.53. The molecule has 1 heterocycles. The van der Waals surface area contributed by atoms with Crippen LogP contribution in [0, 0.1) is 3.70 Å². The van der Waals surface area contributed by atoms with E-state index in [0.717, 1.165) is 15.8 Å². The Morgan fingerprint density at radius 3 is 2.37 bits per heavy atom. The van der Waals surface area contributed by atoms with Crippen molar-refractivity contribution in [3.05, 3.63) is 50.8 Å². The van der Waals surface area contributed by atoms with Gasteiger partial charge in [0.15, 0.2) is 0 Å². The maximum absolute atomic E-state index is 12.7. The zero-order chi connectivity index (χ0) is 14.0. The van der Waals surface area contributed by atoms with Crippen LogP contribution in [0.2, 0.25) is 5.02 Å². The normalized spacial score (nSPS) is 11.4. The monoisotopic (exact) mass is 399 g/mol. The zero-order valence-corrected chi connectivity index (χ0v) is 12.1. The Kier molecular flexibility index (Phi) is 4.19. The first kappa shape index (κ1) is 14.4. The van der Waals surface area contributed by atoms with Gasteiger partial charge in [-0.1, -0.05) is 11.6 Å². The van der Waals surface area contributed by atoms with Gasteiger partial charge in [-0.15, -0.1) is 0 Å². The molecule has 100 valence electrons. The molecule has 0 atom stereocenters. The largest absolute Gasteiger partial charge is 0.456 e. The summed E-state index contributed by atoms with van der Waals surface area (Å²) in [5, 5.41) is -0.361. The molecule has 0 saturated heterocycles. The number of hydrogen-bond donors (Lipinski definition) is 0. The van der Waals surface area contributed by atoms with Crippen LogP contribution in [0.5, 0.6) is 11.5 Å². The van der Waals surface area contributed by atoms with Gasteiger partial charge in [-0.25, -0.2) is 4.98 Å². The van der Waals surface area contributed by atoms with Crippen LogP contribution in [0.15, 0.2) is 36.5 Å². The second-order valence-electron chi connectivity index (χ2n) is 3.56. The first-order valence-electron chi connectivity index (χ1n) is 5.02. The molecule has 1 aromatic heterocycles. The molecule has 2 rings (SSSR count). The van der Waals surface area contributed by atoms with Crippen LogP contribution >= 0.6 is 34.2 Å². The molecular weight excluding hydrogens is 393 g/mol. The van der Waals surface area contributed by atoms with E-state index in [4.69, 9.17) is 16.3 Å². The molecule has 2 nitrogen and oxygen atoms in total. The molecule has 0 amide bonds. The SMILES string of the molecule is FC(F)(F)c1cc(Oc2ccc(I)nc2)ccc1Cl. The minimum absolute atomic E-state index is 0.0553. The molecule has 0 radical (unpaired) electrons. The van der Waals surface area contributed by atoms with Crippen molar-refractivity contribution in [3.8, 4) is 11.5 Å². The fourth-order valence-electron chi connectivity index (χ4n) is 1.34. The van der Waals surface area contributed by atoms with Crippen LogP contribution in [0.25, 0.3) is 0 Å². The summed E-state index contributed by atoms with van der Waals surface area (Å²) in [6.07, 6.45) is -3.08. The second kappa shape index (κ2) is 5.54. The molecule has 0 fully saturated rings. The minimum atomic E-state index is -4.51. The first-order valence-corrected chi connectivity index (χ1v) is 6.48. The van der Waals surface area contributed by atoms with Gasteiger partial charge in [0.1, 0.15) is 15.2 Å². The molecule has 19 heavy (non-hydrogen) atoms.